The van der Waals surface area contributed by atoms with Crippen LogP contribution in [-0.4, -0.2) is 75.2 Å². The summed E-state index contributed by atoms with van der Waals surface area (Å²) in [5.41, 5.74) is 0.0134. The van der Waals surface area contributed by atoms with E-state index in [9.17, 15) is 23.1 Å². The number of alkyl halides is 3. The Hall–Kier alpha value is -3.08. The zero-order chi connectivity index (χ0) is 25.2. The van der Waals surface area contributed by atoms with Gasteiger partial charge in [0.05, 0.1) is 5.56 Å². The molecule has 0 aliphatic carbocycles. The molecule has 2 atom stereocenters. The SMILES string of the molecule is C[C@@H]1CN(c2ncc(C(F)(F)F)cn2)C[C@H](C)N1C(=O)NC1CCN(Cc2ccccc2O)CC1. The van der Waals surface area contributed by atoms with Gasteiger partial charge in [0.25, 0.3) is 0 Å². The lowest BCUT2D eigenvalue weighted by molar-refractivity contribution is -0.138. The minimum absolute atomic E-state index is 0.0683. The first kappa shape index (κ1) is 25.0. The molecule has 0 spiro atoms. The normalized spacial score (nSPS) is 22.3. The van der Waals surface area contributed by atoms with Crippen LogP contribution in [0.4, 0.5) is 23.9 Å². The molecule has 8 nitrogen and oxygen atoms in total. The summed E-state index contributed by atoms with van der Waals surface area (Å²) < 4.78 is 38.4. The van der Waals surface area contributed by atoms with Gasteiger partial charge < -0.3 is 20.2 Å². The fourth-order valence-corrected chi connectivity index (χ4v) is 4.89. The largest absolute Gasteiger partial charge is 0.508 e. The second-order valence-corrected chi connectivity index (χ2v) is 9.41. The van der Waals surface area contributed by atoms with E-state index >= 15 is 0 Å². The van der Waals surface area contributed by atoms with Crippen molar-refractivity contribution < 1.29 is 23.1 Å². The van der Waals surface area contributed by atoms with Crippen LogP contribution in [0.2, 0.25) is 0 Å². The Bertz CT molecular complexity index is 999. The fourth-order valence-electron chi connectivity index (χ4n) is 4.89. The molecule has 2 aromatic rings. The lowest BCUT2D eigenvalue weighted by atomic mass is 10.0. The first-order chi connectivity index (χ1) is 16.6. The van der Waals surface area contributed by atoms with Crippen LogP contribution >= 0.6 is 0 Å². The Morgan fingerprint density at radius 3 is 2.26 bits per heavy atom. The van der Waals surface area contributed by atoms with E-state index in [0.29, 0.717) is 25.4 Å². The number of amides is 2. The third-order valence-electron chi connectivity index (χ3n) is 6.70. The topological polar surface area (TPSA) is 84.8 Å². The molecule has 0 radical (unpaired) electrons. The predicted molar refractivity (Wildman–Crippen MR) is 125 cm³/mol. The zero-order valence-electron chi connectivity index (χ0n) is 19.9. The van der Waals surface area contributed by atoms with Gasteiger partial charge in [-0.15, -0.1) is 0 Å². The summed E-state index contributed by atoms with van der Waals surface area (Å²) in [7, 11) is 0. The number of para-hydroxylation sites is 1. The molecule has 2 amide bonds. The Morgan fingerprint density at radius 2 is 1.69 bits per heavy atom. The van der Waals surface area contributed by atoms with Gasteiger partial charge in [0, 0.05) is 68.8 Å². The predicted octanol–water partition coefficient (Wildman–Crippen LogP) is 3.47. The number of piperidine rings is 1. The van der Waals surface area contributed by atoms with Crippen LogP contribution in [0.5, 0.6) is 5.75 Å². The molecule has 1 aromatic heterocycles. The van der Waals surface area contributed by atoms with Crippen molar-refractivity contribution in [1.29, 1.82) is 0 Å². The maximum Gasteiger partial charge on any atom is 0.419 e. The molecule has 2 fully saturated rings. The van der Waals surface area contributed by atoms with Crippen molar-refractivity contribution in [3.63, 3.8) is 0 Å². The molecule has 11 heteroatoms. The van der Waals surface area contributed by atoms with Gasteiger partial charge in [0.1, 0.15) is 5.75 Å². The van der Waals surface area contributed by atoms with Crippen molar-refractivity contribution in [3.8, 4) is 5.75 Å². The van der Waals surface area contributed by atoms with Crippen LogP contribution in [-0.2, 0) is 12.7 Å². The van der Waals surface area contributed by atoms with Crippen LogP contribution in [0.3, 0.4) is 0 Å². The standard InChI is InChI=1S/C24H31F3N6O2/c1-16-13-32(22-28-11-19(12-29-22)24(25,26)27)14-17(2)33(16)23(35)30-20-7-9-31(10-8-20)15-18-5-3-4-6-21(18)34/h3-6,11-12,16-17,20,34H,7-10,13-15H2,1-2H3,(H,30,35)/t16-,17+. The summed E-state index contributed by atoms with van der Waals surface area (Å²) in [6.07, 6.45) is -1.25. The van der Waals surface area contributed by atoms with E-state index in [1.807, 2.05) is 30.9 Å². The number of benzene rings is 1. The van der Waals surface area contributed by atoms with Gasteiger partial charge in [-0.25, -0.2) is 14.8 Å². The monoisotopic (exact) mass is 492 g/mol. The number of halogens is 3. The molecule has 35 heavy (non-hydrogen) atoms. The van der Waals surface area contributed by atoms with Crippen LogP contribution in [0.25, 0.3) is 0 Å². The lowest BCUT2D eigenvalue weighted by Crippen LogP contribution is -2.62. The average Bonchev–Trinajstić information content (AvgIpc) is 2.81. The number of carbonyl (C=O) groups is 1. The fraction of sp³-hybridized carbons (Fsp3) is 0.542. The van der Waals surface area contributed by atoms with E-state index in [-0.39, 0.29) is 30.1 Å². The number of urea groups is 1. The Morgan fingerprint density at radius 1 is 1.09 bits per heavy atom. The van der Waals surface area contributed by atoms with Crippen LogP contribution in [0.1, 0.15) is 37.8 Å². The third kappa shape index (κ3) is 5.95. The van der Waals surface area contributed by atoms with Crippen molar-refractivity contribution >= 4 is 12.0 Å². The maximum absolute atomic E-state index is 13.1. The summed E-state index contributed by atoms with van der Waals surface area (Å²) >= 11 is 0. The van der Waals surface area contributed by atoms with Crippen LogP contribution in [0.15, 0.2) is 36.7 Å². The van der Waals surface area contributed by atoms with Crippen molar-refractivity contribution in [3.05, 3.63) is 47.8 Å². The smallest absolute Gasteiger partial charge is 0.419 e. The Balaban J connectivity index is 1.28. The Labute approximate surface area is 202 Å². The summed E-state index contributed by atoms with van der Waals surface area (Å²) in [5, 5.41) is 13.2. The molecule has 0 saturated carbocycles. The Kier molecular flexibility index (Phi) is 7.34. The van der Waals surface area contributed by atoms with Gasteiger partial charge in [-0.1, -0.05) is 18.2 Å². The van der Waals surface area contributed by atoms with Gasteiger partial charge in [0.2, 0.25) is 5.95 Å². The van der Waals surface area contributed by atoms with Gasteiger partial charge in [0.15, 0.2) is 0 Å². The van der Waals surface area contributed by atoms with Crippen molar-refractivity contribution in [2.75, 3.05) is 31.1 Å². The molecular formula is C24H31F3N6O2. The summed E-state index contributed by atoms with van der Waals surface area (Å²) in [6, 6.07) is 6.94. The summed E-state index contributed by atoms with van der Waals surface area (Å²) in [4.78, 5) is 26.8. The van der Waals surface area contributed by atoms with Gasteiger partial charge in [-0.2, -0.15) is 13.2 Å². The number of likely N-dealkylation sites (tertiary alicyclic amines) is 1. The van der Waals surface area contributed by atoms with Crippen LogP contribution < -0.4 is 10.2 Å². The number of nitrogens with zero attached hydrogens (tertiary/aromatic N) is 5. The van der Waals surface area contributed by atoms with Crippen molar-refractivity contribution in [2.24, 2.45) is 0 Å². The highest BCUT2D eigenvalue weighted by Gasteiger charge is 2.36. The number of phenolic OH excluding ortho intramolecular Hbond substituents is 1. The highest BCUT2D eigenvalue weighted by molar-refractivity contribution is 5.75. The van der Waals surface area contributed by atoms with E-state index in [1.165, 1.54) is 0 Å². The highest BCUT2D eigenvalue weighted by Crippen LogP contribution is 2.29. The highest BCUT2D eigenvalue weighted by atomic mass is 19.4. The van der Waals surface area contributed by atoms with E-state index in [2.05, 4.69) is 20.2 Å². The molecule has 190 valence electrons. The third-order valence-corrected chi connectivity index (χ3v) is 6.70. The lowest BCUT2D eigenvalue weighted by Gasteiger charge is -2.45. The summed E-state index contributed by atoms with van der Waals surface area (Å²) in [6.45, 7) is 7.02. The zero-order valence-corrected chi connectivity index (χ0v) is 19.9. The number of nitrogens with one attached hydrogen (secondary N) is 1. The minimum Gasteiger partial charge on any atom is -0.508 e. The van der Waals surface area contributed by atoms with E-state index in [1.54, 1.807) is 17.0 Å². The molecule has 2 saturated heterocycles. The first-order valence-corrected chi connectivity index (χ1v) is 11.8. The number of aromatic nitrogens is 2. The maximum atomic E-state index is 13.1. The molecule has 0 unspecified atom stereocenters. The second kappa shape index (κ2) is 10.3. The number of rotatable bonds is 4. The number of anilines is 1. The van der Waals surface area contributed by atoms with Crippen molar-refractivity contribution in [1.82, 2.24) is 25.1 Å². The first-order valence-electron chi connectivity index (χ1n) is 11.8. The number of aromatic hydroxyl groups is 1. The van der Waals surface area contributed by atoms with Gasteiger partial charge >= 0.3 is 12.2 Å². The number of hydrogen-bond donors (Lipinski definition) is 2. The number of hydrogen-bond acceptors (Lipinski definition) is 6. The molecule has 2 aliphatic rings. The quantitative estimate of drug-likeness (QED) is 0.680. The summed E-state index contributed by atoms with van der Waals surface area (Å²) in [5.74, 6) is 0.528. The number of piperazine rings is 1. The molecule has 2 N–H and O–H groups in total. The molecular weight excluding hydrogens is 461 g/mol. The number of phenols is 1. The van der Waals surface area contributed by atoms with Gasteiger partial charge in [-0.3, -0.25) is 4.90 Å². The van der Waals surface area contributed by atoms with Crippen LogP contribution in [0, 0.1) is 0 Å². The molecule has 4 rings (SSSR count). The van der Waals surface area contributed by atoms with Gasteiger partial charge in [-0.05, 0) is 32.8 Å². The van der Waals surface area contributed by atoms with E-state index in [0.717, 1.165) is 43.9 Å². The minimum atomic E-state index is -4.48. The average molecular weight is 493 g/mol. The molecule has 0 bridgehead atoms. The molecule has 2 aliphatic heterocycles. The number of carbonyl (C=O) groups excluding carboxylic acids is 1. The van der Waals surface area contributed by atoms with E-state index < -0.39 is 11.7 Å². The van der Waals surface area contributed by atoms with E-state index in [4.69, 9.17) is 0 Å². The molecule has 1 aromatic carbocycles. The van der Waals surface area contributed by atoms with Crippen molar-refractivity contribution in [2.45, 2.75) is 57.5 Å². The second-order valence-electron chi connectivity index (χ2n) is 9.41. The molecule has 3 heterocycles.